The second-order valence-electron chi connectivity index (χ2n) is 3.08. The van der Waals surface area contributed by atoms with E-state index in [-0.39, 0.29) is 6.10 Å². The molecule has 0 spiro atoms. The zero-order valence-corrected chi connectivity index (χ0v) is 7.45. The molecule has 1 rings (SSSR count). The van der Waals surface area contributed by atoms with Crippen molar-refractivity contribution in [3.63, 3.8) is 0 Å². The highest BCUT2D eigenvalue weighted by atomic mass is 16.7. The van der Waals surface area contributed by atoms with Gasteiger partial charge in [0.25, 0.3) is 0 Å². The van der Waals surface area contributed by atoms with Gasteiger partial charge >= 0.3 is 0 Å². The van der Waals surface area contributed by atoms with Gasteiger partial charge in [0.15, 0.2) is 0 Å². The van der Waals surface area contributed by atoms with Crippen molar-refractivity contribution in [3.8, 4) is 0 Å². The molecule has 0 saturated heterocycles. The number of hydrogen-bond acceptors (Lipinski definition) is 3. The fourth-order valence-corrected chi connectivity index (χ4v) is 1.48. The summed E-state index contributed by atoms with van der Waals surface area (Å²) < 4.78 is 10.2. The molecule has 70 valence electrons. The van der Waals surface area contributed by atoms with Crippen LogP contribution in [0.1, 0.15) is 25.7 Å². The molecule has 0 amide bonds. The van der Waals surface area contributed by atoms with E-state index in [1.165, 1.54) is 6.26 Å². The standard InChI is InChI=1S/C9H16O3/c1-11-7-12-9-4-2-3-8(5-9)6-10/h6,9-10H,2-5,7H2,1H3/b8-6+. The molecule has 1 atom stereocenters. The molecule has 0 heterocycles. The number of ether oxygens (including phenoxy) is 2. The quantitative estimate of drug-likeness (QED) is 0.522. The molecule has 1 unspecified atom stereocenters. The zero-order valence-electron chi connectivity index (χ0n) is 7.45. The molecule has 0 bridgehead atoms. The van der Waals surface area contributed by atoms with Crippen molar-refractivity contribution < 1.29 is 14.6 Å². The Bertz CT molecular complexity index is 154. The van der Waals surface area contributed by atoms with Crippen LogP contribution in [0.4, 0.5) is 0 Å². The van der Waals surface area contributed by atoms with Gasteiger partial charge in [-0.15, -0.1) is 0 Å². The first-order valence-corrected chi connectivity index (χ1v) is 4.29. The van der Waals surface area contributed by atoms with Crippen LogP contribution in [0.2, 0.25) is 0 Å². The third kappa shape index (κ3) is 2.83. The summed E-state index contributed by atoms with van der Waals surface area (Å²) in [6, 6.07) is 0. The highest BCUT2D eigenvalue weighted by Gasteiger charge is 2.17. The average molecular weight is 172 g/mol. The summed E-state index contributed by atoms with van der Waals surface area (Å²) in [5.41, 5.74) is 1.09. The smallest absolute Gasteiger partial charge is 0.146 e. The lowest BCUT2D eigenvalue weighted by Gasteiger charge is -2.23. The summed E-state index contributed by atoms with van der Waals surface area (Å²) in [6.07, 6.45) is 5.46. The van der Waals surface area contributed by atoms with E-state index >= 15 is 0 Å². The molecule has 3 nitrogen and oxygen atoms in total. The van der Waals surface area contributed by atoms with Gasteiger partial charge in [-0.1, -0.05) is 0 Å². The molecule has 0 aromatic heterocycles. The molecule has 1 N–H and O–H groups in total. The molecular weight excluding hydrogens is 156 g/mol. The fourth-order valence-electron chi connectivity index (χ4n) is 1.48. The first-order chi connectivity index (χ1) is 5.86. The largest absolute Gasteiger partial charge is 0.516 e. The third-order valence-corrected chi connectivity index (χ3v) is 2.12. The number of aliphatic hydroxyl groups excluding tert-OH is 1. The Balaban J connectivity index is 2.26. The molecule has 1 aliphatic carbocycles. The van der Waals surface area contributed by atoms with Crippen LogP contribution in [0, 0.1) is 0 Å². The maximum Gasteiger partial charge on any atom is 0.146 e. The molecule has 1 saturated carbocycles. The Kier molecular flexibility index (Phi) is 4.11. The minimum atomic E-state index is 0.233. The van der Waals surface area contributed by atoms with Crippen molar-refractivity contribution in [1.29, 1.82) is 0 Å². The van der Waals surface area contributed by atoms with Gasteiger partial charge in [-0.2, -0.15) is 0 Å². The predicted molar refractivity (Wildman–Crippen MR) is 45.9 cm³/mol. The van der Waals surface area contributed by atoms with Gasteiger partial charge in [0.1, 0.15) is 6.79 Å². The molecule has 3 heteroatoms. The number of hydrogen-bond donors (Lipinski definition) is 1. The van der Waals surface area contributed by atoms with Crippen LogP contribution in [-0.4, -0.2) is 25.1 Å². The summed E-state index contributed by atoms with van der Waals surface area (Å²) in [6.45, 7) is 0.351. The van der Waals surface area contributed by atoms with Gasteiger partial charge in [-0.3, -0.25) is 0 Å². The van der Waals surface area contributed by atoms with Crippen molar-refractivity contribution in [2.45, 2.75) is 31.8 Å². The first kappa shape index (κ1) is 9.55. The maximum atomic E-state index is 8.79. The Labute approximate surface area is 73.0 Å². The highest BCUT2D eigenvalue weighted by Crippen LogP contribution is 2.24. The maximum absolute atomic E-state index is 8.79. The predicted octanol–water partition coefficient (Wildman–Crippen LogP) is 1.99. The molecule has 1 fully saturated rings. The minimum Gasteiger partial charge on any atom is -0.516 e. The number of methoxy groups -OCH3 is 1. The molecule has 0 aliphatic heterocycles. The van der Waals surface area contributed by atoms with E-state index in [1.54, 1.807) is 7.11 Å². The number of rotatable bonds is 3. The van der Waals surface area contributed by atoms with Crippen LogP contribution in [0.15, 0.2) is 11.8 Å². The van der Waals surface area contributed by atoms with Crippen LogP contribution in [-0.2, 0) is 9.47 Å². The molecule has 12 heavy (non-hydrogen) atoms. The van der Waals surface area contributed by atoms with E-state index in [9.17, 15) is 0 Å². The normalized spacial score (nSPS) is 27.8. The van der Waals surface area contributed by atoms with E-state index in [4.69, 9.17) is 14.6 Å². The average Bonchev–Trinajstić information content (AvgIpc) is 2.15. The minimum absolute atomic E-state index is 0.233. The lowest BCUT2D eigenvalue weighted by molar-refractivity contribution is -0.0771. The van der Waals surface area contributed by atoms with Gasteiger partial charge in [0.05, 0.1) is 12.4 Å². The van der Waals surface area contributed by atoms with Gasteiger partial charge < -0.3 is 14.6 Å². The van der Waals surface area contributed by atoms with Crippen LogP contribution in [0.3, 0.4) is 0 Å². The lowest BCUT2D eigenvalue weighted by atomic mass is 9.93. The first-order valence-electron chi connectivity index (χ1n) is 4.29. The van der Waals surface area contributed by atoms with Crippen molar-refractivity contribution >= 4 is 0 Å². The van der Waals surface area contributed by atoms with Crippen LogP contribution in [0.25, 0.3) is 0 Å². The van der Waals surface area contributed by atoms with Crippen LogP contribution in [0.5, 0.6) is 0 Å². The second-order valence-corrected chi connectivity index (χ2v) is 3.08. The van der Waals surface area contributed by atoms with Crippen molar-refractivity contribution in [3.05, 3.63) is 11.8 Å². The summed E-state index contributed by atoms with van der Waals surface area (Å²) in [7, 11) is 1.62. The van der Waals surface area contributed by atoms with Gasteiger partial charge in [-0.05, 0) is 31.3 Å². The van der Waals surface area contributed by atoms with Crippen LogP contribution >= 0.6 is 0 Å². The second kappa shape index (κ2) is 5.17. The molecular formula is C9H16O3. The topological polar surface area (TPSA) is 38.7 Å². The summed E-state index contributed by atoms with van der Waals surface area (Å²) in [5.74, 6) is 0. The van der Waals surface area contributed by atoms with E-state index in [0.29, 0.717) is 6.79 Å². The van der Waals surface area contributed by atoms with Gasteiger partial charge in [0, 0.05) is 7.11 Å². The van der Waals surface area contributed by atoms with E-state index < -0.39 is 0 Å². The Morgan fingerprint density at radius 3 is 3.17 bits per heavy atom. The molecule has 0 radical (unpaired) electrons. The Morgan fingerprint density at radius 1 is 1.67 bits per heavy atom. The molecule has 0 aromatic carbocycles. The summed E-state index contributed by atoms with van der Waals surface area (Å²) >= 11 is 0. The van der Waals surface area contributed by atoms with E-state index in [0.717, 1.165) is 31.3 Å². The highest BCUT2D eigenvalue weighted by molar-refractivity contribution is 5.02. The fraction of sp³-hybridized carbons (Fsp3) is 0.778. The third-order valence-electron chi connectivity index (χ3n) is 2.12. The van der Waals surface area contributed by atoms with Crippen molar-refractivity contribution in [2.75, 3.05) is 13.9 Å². The van der Waals surface area contributed by atoms with E-state index in [2.05, 4.69) is 0 Å². The molecule has 1 aliphatic rings. The SMILES string of the molecule is COCOC1CCC/C(=C\O)C1. The van der Waals surface area contributed by atoms with Crippen molar-refractivity contribution in [2.24, 2.45) is 0 Å². The summed E-state index contributed by atoms with van der Waals surface area (Å²) in [4.78, 5) is 0. The van der Waals surface area contributed by atoms with Crippen LogP contribution < -0.4 is 0 Å². The van der Waals surface area contributed by atoms with Gasteiger partial charge in [0.2, 0.25) is 0 Å². The summed E-state index contributed by atoms with van der Waals surface area (Å²) in [5, 5.41) is 8.79. The Hall–Kier alpha value is -0.540. The van der Waals surface area contributed by atoms with Gasteiger partial charge in [-0.25, -0.2) is 0 Å². The lowest BCUT2D eigenvalue weighted by Crippen LogP contribution is -2.19. The monoisotopic (exact) mass is 172 g/mol. The number of aliphatic hydroxyl groups is 1. The Morgan fingerprint density at radius 2 is 2.50 bits per heavy atom. The van der Waals surface area contributed by atoms with E-state index in [1.807, 2.05) is 0 Å². The molecule has 0 aromatic rings. The van der Waals surface area contributed by atoms with Crippen molar-refractivity contribution in [1.82, 2.24) is 0 Å². The zero-order chi connectivity index (χ0) is 8.81.